The van der Waals surface area contributed by atoms with Gasteiger partial charge in [-0.15, -0.1) is 0 Å². The number of primary amides is 1. The van der Waals surface area contributed by atoms with E-state index >= 15 is 0 Å². The third kappa shape index (κ3) is 2.80. The number of carboxylic acid groups (broad SMARTS) is 1. The maximum absolute atomic E-state index is 11.4. The van der Waals surface area contributed by atoms with Gasteiger partial charge >= 0.3 is 5.97 Å². The lowest BCUT2D eigenvalue weighted by Crippen LogP contribution is -2.18. The van der Waals surface area contributed by atoms with E-state index in [-0.39, 0.29) is 21.9 Å². The number of carboxylic acids is 1. The minimum Gasteiger partial charge on any atom is -0.486 e. The van der Waals surface area contributed by atoms with Gasteiger partial charge in [0, 0.05) is 0 Å². The molecule has 0 unspecified atom stereocenters. The number of ether oxygens (including phenoxy) is 2. The Morgan fingerprint density at radius 3 is 2.43 bits per heavy atom. The van der Waals surface area contributed by atoms with E-state index in [1.165, 1.54) is 12.1 Å². The fraction of sp³-hybridized carbons (Fsp3) is 0.125. The molecule has 0 radical (unpaired) electrons. The highest BCUT2D eigenvalue weighted by Crippen LogP contribution is 2.39. The molecule has 0 saturated carbocycles. The van der Waals surface area contributed by atoms with Crippen LogP contribution in [0.15, 0.2) is 30.3 Å². The molecule has 3 rings (SSSR count). The molecule has 7 heteroatoms. The van der Waals surface area contributed by atoms with Gasteiger partial charge in [0.05, 0.1) is 10.6 Å². The van der Waals surface area contributed by atoms with E-state index in [1.54, 1.807) is 18.2 Å². The van der Waals surface area contributed by atoms with Crippen molar-refractivity contribution in [1.29, 1.82) is 0 Å². The van der Waals surface area contributed by atoms with Gasteiger partial charge in [0.2, 0.25) is 5.91 Å². The van der Waals surface area contributed by atoms with Crippen LogP contribution in [0.4, 0.5) is 0 Å². The summed E-state index contributed by atoms with van der Waals surface area (Å²) in [7, 11) is 0. The van der Waals surface area contributed by atoms with E-state index in [0.29, 0.717) is 30.1 Å². The minimum absolute atomic E-state index is 0.00676. The summed E-state index contributed by atoms with van der Waals surface area (Å²) < 4.78 is 10.9. The van der Waals surface area contributed by atoms with Crippen LogP contribution in [0.1, 0.15) is 20.7 Å². The van der Waals surface area contributed by atoms with E-state index in [4.69, 9.17) is 26.8 Å². The maximum atomic E-state index is 11.4. The summed E-state index contributed by atoms with van der Waals surface area (Å²) in [5.41, 5.74) is 6.65. The molecule has 0 aromatic heterocycles. The van der Waals surface area contributed by atoms with Gasteiger partial charge in [-0.1, -0.05) is 17.7 Å². The number of hydrogen-bond acceptors (Lipinski definition) is 4. The van der Waals surface area contributed by atoms with Crippen LogP contribution in [0.2, 0.25) is 5.02 Å². The van der Waals surface area contributed by atoms with Crippen LogP contribution in [0, 0.1) is 0 Å². The molecule has 23 heavy (non-hydrogen) atoms. The highest BCUT2D eigenvalue weighted by Gasteiger charge is 2.22. The minimum atomic E-state index is -1.12. The third-order valence-electron chi connectivity index (χ3n) is 3.44. The van der Waals surface area contributed by atoms with E-state index in [9.17, 15) is 14.7 Å². The van der Waals surface area contributed by atoms with Crippen molar-refractivity contribution >= 4 is 23.5 Å². The molecular formula is C16H12ClNO5. The van der Waals surface area contributed by atoms with Crippen molar-refractivity contribution in [3.05, 3.63) is 46.5 Å². The van der Waals surface area contributed by atoms with Crippen molar-refractivity contribution < 1.29 is 24.2 Å². The molecule has 0 fully saturated rings. The molecule has 1 amide bonds. The predicted octanol–water partition coefficient (Wildman–Crippen LogP) is 2.58. The standard InChI is InChI=1S/C16H12ClNO5/c17-12-6-8(1-2-10(12)15(18)19)9-5-11(16(20)21)14-13(7-9)22-3-4-23-14/h1-2,5-7H,3-4H2,(H2,18,19)(H,20,21). The Labute approximate surface area is 136 Å². The summed E-state index contributed by atoms with van der Waals surface area (Å²) in [5, 5.41) is 9.56. The number of carbonyl (C=O) groups excluding carboxylic acids is 1. The smallest absolute Gasteiger partial charge is 0.339 e. The molecule has 1 heterocycles. The monoisotopic (exact) mass is 333 g/mol. The van der Waals surface area contributed by atoms with Crippen molar-refractivity contribution in [2.45, 2.75) is 0 Å². The van der Waals surface area contributed by atoms with Crippen LogP contribution in [-0.2, 0) is 0 Å². The van der Waals surface area contributed by atoms with E-state index in [0.717, 1.165) is 0 Å². The second-order valence-corrected chi connectivity index (χ2v) is 5.32. The topological polar surface area (TPSA) is 98.9 Å². The first-order chi connectivity index (χ1) is 11.0. The Morgan fingerprint density at radius 2 is 1.78 bits per heavy atom. The number of amides is 1. The molecule has 0 atom stereocenters. The molecule has 0 aliphatic carbocycles. The second kappa shape index (κ2) is 5.81. The molecule has 1 aliphatic rings. The summed E-state index contributed by atoms with van der Waals surface area (Å²) in [4.78, 5) is 22.7. The molecule has 118 valence electrons. The Bertz CT molecular complexity index is 818. The quantitative estimate of drug-likeness (QED) is 0.899. The highest BCUT2D eigenvalue weighted by atomic mass is 35.5. The number of rotatable bonds is 3. The molecular weight excluding hydrogens is 322 g/mol. The van der Waals surface area contributed by atoms with Gasteiger partial charge in [-0.05, 0) is 35.4 Å². The van der Waals surface area contributed by atoms with Crippen molar-refractivity contribution in [2.24, 2.45) is 5.73 Å². The molecule has 0 bridgehead atoms. The van der Waals surface area contributed by atoms with Gasteiger partial charge in [0.25, 0.3) is 0 Å². The number of benzene rings is 2. The molecule has 6 nitrogen and oxygen atoms in total. The average Bonchev–Trinajstić information content (AvgIpc) is 2.53. The Morgan fingerprint density at radius 1 is 1.04 bits per heavy atom. The number of nitrogens with two attached hydrogens (primary N) is 1. The van der Waals surface area contributed by atoms with E-state index < -0.39 is 11.9 Å². The van der Waals surface area contributed by atoms with Gasteiger partial charge in [-0.2, -0.15) is 0 Å². The number of hydrogen-bond donors (Lipinski definition) is 2. The van der Waals surface area contributed by atoms with Crippen LogP contribution < -0.4 is 15.2 Å². The molecule has 3 N–H and O–H groups in total. The van der Waals surface area contributed by atoms with Crippen LogP contribution in [0.5, 0.6) is 11.5 Å². The first-order valence-corrected chi connectivity index (χ1v) is 7.12. The fourth-order valence-corrected chi connectivity index (χ4v) is 2.65. The Balaban J connectivity index is 2.13. The number of halogens is 1. The van der Waals surface area contributed by atoms with E-state index in [2.05, 4.69) is 0 Å². The third-order valence-corrected chi connectivity index (χ3v) is 3.75. The van der Waals surface area contributed by atoms with Crippen LogP contribution in [0.3, 0.4) is 0 Å². The lowest BCUT2D eigenvalue weighted by Gasteiger charge is -2.21. The number of carbonyl (C=O) groups is 2. The average molecular weight is 334 g/mol. The summed E-state index contributed by atoms with van der Waals surface area (Å²) in [6.07, 6.45) is 0. The Hall–Kier alpha value is -2.73. The summed E-state index contributed by atoms with van der Waals surface area (Å²) in [5.74, 6) is -1.17. The molecule has 2 aromatic rings. The van der Waals surface area contributed by atoms with Gasteiger partial charge in [0.1, 0.15) is 18.8 Å². The van der Waals surface area contributed by atoms with E-state index in [1.807, 2.05) is 0 Å². The zero-order valence-corrected chi connectivity index (χ0v) is 12.6. The van der Waals surface area contributed by atoms with Gasteiger partial charge in [-0.3, -0.25) is 4.79 Å². The summed E-state index contributed by atoms with van der Waals surface area (Å²) in [6, 6.07) is 7.85. The zero-order chi connectivity index (χ0) is 16.6. The second-order valence-electron chi connectivity index (χ2n) is 4.91. The van der Waals surface area contributed by atoms with Crippen molar-refractivity contribution in [3.8, 4) is 22.6 Å². The first kappa shape index (κ1) is 15.2. The maximum Gasteiger partial charge on any atom is 0.339 e. The number of fused-ring (bicyclic) bond motifs is 1. The van der Waals surface area contributed by atoms with Crippen LogP contribution >= 0.6 is 11.6 Å². The van der Waals surface area contributed by atoms with Crippen molar-refractivity contribution in [2.75, 3.05) is 13.2 Å². The Kier molecular flexibility index (Phi) is 3.83. The SMILES string of the molecule is NC(=O)c1ccc(-c2cc3c(c(C(=O)O)c2)OCCO3)cc1Cl. The van der Waals surface area contributed by atoms with Gasteiger partial charge in [-0.25, -0.2) is 4.79 Å². The first-order valence-electron chi connectivity index (χ1n) is 6.74. The largest absolute Gasteiger partial charge is 0.486 e. The molecule has 1 aliphatic heterocycles. The normalized spacial score (nSPS) is 12.7. The van der Waals surface area contributed by atoms with Crippen LogP contribution in [-0.4, -0.2) is 30.2 Å². The molecule has 2 aromatic carbocycles. The summed E-state index contributed by atoms with van der Waals surface area (Å²) >= 11 is 6.05. The lowest BCUT2D eigenvalue weighted by atomic mass is 10.00. The molecule has 0 saturated heterocycles. The van der Waals surface area contributed by atoms with Crippen molar-refractivity contribution in [1.82, 2.24) is 0 Å². The van der Waals surface area contributed by atoms with Crippen LogP contribution in [0.25, 0.3) is 11.1 Å². The highest BCUT2D eigenvalue weighted by molar-refractivity contribution is 6.34. The predicted molar refractivity (Wildman–Crippen MR) is 83.4 cm³/mol. The molecule has 0 spiro atoms. The number of aromatic carboxylic acids is 1. The van der Waals surface area contributed by atoms with Gasteiger partial charge < -0.3 is 20.3 Å². The summed E-state index contributed by atoms with van der Waals surface area (Å²) in [6.45, 7) is 0.642. The lowest BCUT2D eigenvalue weighted by molar-refractivity contribution is 0.0686. The zero-order valence-electron chi connectivity index (χ0n) is 11.8. The fourth-order valence-electron chi connectivity index (χ4n) is 2.37. The van der Waals surface area contributed by atoms with Gasteiger partial charge in [0.15, 0.2) is 11.5 Å². The van der Waals surface area contributed by atoms with Crippen molar-refractivity contribution in [3.63, 3.8) is 0 Å².